The van der Waals surface area contributed by atoms with E-state index in [0.717, 1.165) is 30.8 Å². The van der Waals surface area contributed by atoms with Gasteiger partial charge in [0, 0.05) is 32.0 Å². The van der Waals surface area contributed by atoms with Crippen molar-refractivity contribution in [3.8, 4) is 0 Å². The first-order valence-electron chi connectivity index (χ1n) is 9.25. The molecule has 2 heterocycles. The number of benzene rings is 1. The maximum atomic E-state index is 13.6. The largest absolute Gasteiger partial charge is 0.355 e. The Labute approximate surface area is 159 Å². The van der Waals surface area contributed by atoms with Crippen LogP contribution in [-0.2, 0) is 4.79 Å². The zero-order valence-corrected chi connectivity index (χ0v) is 15.8. The van der Waals surface area contributed by atoms with Gasteiger partial charge in [-0.15, -0.1) is 0 Å². The zero-order valence-electron chi connectivity index (χ0n) is 15.8. The second-order valence-corrected chi connectivity index (χ2v) is 7.13. The Balaban J connectivity index is 1.60. The minimum atomic E-state index is -0.266. The van der Waals surface area contributed by atoms with Gasteiger partial charge in [-0.1, -0.05) is 12.1 Å². The minimum Gasteiger partial charge on any atom is -0.355 e. The van der Waals surface area contributed by atoms with Crippen molar-refractivity contribution in [2.45, 2.75) is 18.9 Å². The molecule has 0 spiro atoms. The molecule has 7 heteroatoms. The lowest BCUT2D eigenvalue weighted by molar-refractivity contribution is -0.125. The molecular formula is C20H26FN5O. The molecule has 0 saturated carbocycles. The standard InChI is InChI=1S/C20H26FN5O/c1-25(2)18(15-5-3-7-17(21)11-15)12-24-20(27)16-6-4-10-26(14-16)19-13-22-8-9-23-19/h3,5,7-9,11,13,16,18H,4,6,10,12,14H2,1-2H3,(H,24,27). The molecule has 1 aromatic carbocycles. The van der Waals surface area contributed by atoms with Gasteiger partial charge in [-0.05, 0) is 44.6 Å². The first-order chi connectivity index (χ1) is 13.0. The number of hydrogen-bond acceptors (Lipinski definition) is 5. The molecule has 1 N–H and O–H groups in total. The van der Waals surface area contributed by atoms with Gasteiger partial charge < -0.3 is 15.1 Å². The number of aromatic nitrogens is 2. The Morgan fingerprint density at radius 3 is 2.96 bits per heavy atom. The summed E-state index contributed by atoms with van der Waals surface area (Å²) in [6.07, 6.45) is 6.84. The minimum absolute atomic E-state index is 0.0341. The molecule has 1 amide bonds. The summed E-state index contributed by atoms with van der Waals surface area (Å²) in [6, 6.07) is 6.45. The fraction of sp³-hybridized carbons (Fsp3) is 0.450. The lowest BCUT2D eigenvalue weighted by Crippen LogP contribution is -2.45. The zero-order chi connectivity index (χ0) is 19.2. The maximum absolute atomic E-state index is 13.6. The number of likely N-dealkylation sites (N-methyl/N-ethyl adjacent to an activating group) is 1. The van der Waals surface area contributed by atoms with Crippen LogP contribution in [0.5, 0.6) is 0 Å². The molecule has 1 saturated heterocycles. The molecule has 27 heavy (non-hydrogen) atoms. The Morgan fingerprint density at radius 2 is 2.26 bits per heavy atom. The highest BCUT2D eigenvalue weighted by Gasteiger charge is 2.27. The number of piperidine rings is 1. The number of nitrogens with zero attached hydrogens (tertiary/aromatic N) is 4. The molecule has 0 aliphatic carbocycles. The van der Waals surface area contributed by atoms with Crippen molar-refractivity contribution in [2.75, 3.05) is 38.6 Å². The van der Waals surface area contributed by atoms with Crippen LogP contribution in [0.3, 0.4) is 0 Å². The number of carbonyl (C=O) groups is 1. The normalized spacial score (nSPS) is 18.4. The fourth-order valence-corrected chi connectivity index (χ4v) is 3.51. The van der Waals surface area contributed by atoms with E-state index in [-0.39, 0.29) is 23.7 Å². The molecule has 144 valence electrons. The predicted molar refractivity (Wildman–Crippen MR) is 103 cm³/mol. The van der Waals surface area contributed by atoms with E-state index in [2.05, 4.69) is 20.2 Å². The van der Waals surface area contributed by atoms with Gasteiger partial charge in [0.25, 0.3) is 0 Å². The summed E-state index contributed by atoms with van der Waals surface area (Å²) in [5.41, 5.74) is 0.852. The Hall–Kier alpha value is -2.54. The van der Waals surface area contributed by atoms with E-state index in [4.69, 9.17) is 0 Å². The van der Waals surface area contributed by atoms with Crippen molar-refractivity contribution in [3.63, 3.8) is 0 Å². The second-order valence-electron chi connectivity index (χ2n) is 7.13. The summed E-state index contributed by atoms with van der Waals surface area (Å²) in [6.45, 7) is 1.96. The molecule has 1 aliphatic heterocycles. The van der Waals surface area contributed by atoms with Crippen LogP contribution >= 0.6 is 0 Å². The monoisotopic (exact) mass is 371 g/mol. The van der Waals surface area contributed by atoms with E-state index in [1.165, 1.54) is 12.1 Å². The first kappa shape index (κ1) is 19.2. The number of halogens is 1. The van der Waals surface area contributed by atoms with Gasteiger partial charge in [-0.25, -0.2) is 9.37 Å². The van der Waals surface area contributed by atoms with E-state index in [9.17, 15) is 9.18 Å². The number of rotatable bonds is 6. The summed E-state index contributed by atoms with van der Waals surface area (Å²) in [4.78, 5) is 25.3. The number of nitrogens with one attached hydrogen (secondary N) is 1. The average molecular weight is 371 g/mol. The fourth-order valence-electron chi connectivity index (χ4n) is 3.51. The number of anilines is 1. The molecule has 0 radical (unpaired) electrons. The first-order valence-corrected chi connectivity index (χ1v) is 9.25. The van der Waals surface area contributed by atoms with Crippen molar-refractivity contribution >= 4 is 11.7 Å². The van der Waals surface area contributed by atoms with Crippen molar-refractivity contribution in [3.05, 3.63) is 54.2 Å². The van der Waals surface area contributed by atoms with E-state index in [1.807, 2.05) is 25.1 Å². The van der Waals surface area contributed by atoms with Crippen molar-refractivity contribution < 1.29 is 9.18 Å². The van der Waals surface area contributed by atoms with Crippen molar-refractivity contribution in [2.24, 2.45) is 5.92 Å². The molecule has 2 atom stereocenters. The van der Waals surface area contributed by atoms with Crippen LogP contribution in [0.4, 0.5) is 10.2 Å². The van der Waals surface area contributed by atoms with E-state index in [1.54, 1.807) is 24.7 Å². The molecule has 6 nitrogen and oxygen atoms in total. The molecular weight excluding hydrogens is 345 g/mol. The molecule has 1 aromatic heterocycles. The SMILES string of the molecule is CN(C)C(CNC(=O)C1CCCN(c2cnccn2)C1)c1cccc(F)c1. The van der Waals surface area contributed by atoms with Gasteiger partial charge in [0.2, 0.25) is 5.91 Å². The highest BCUT2D eigenvalue weighted by Crippen LogP contribution is 2.22. The third-order valence-electron chi connectivity index (χ3n) is 4.99. The molecule has 2 aromatic rings. The second kappa shape index (κ2) is 8.90. The Kier molecular flexibility index (Phi) is 6.34. The summed E-state index contributed by atoms with van der Waals surface area (Å²) < 4.78 is 13.6. The van der Waals surface area contributed by atoms with E-state index < -0.39 is 0 Å². The lowest BCUT2D eigenvalue weighted by atomic mass is 9.96. The quantitative estimate of drug-likeness (QED) is 0.844. The summed E-state index contributed by atoms with van der Waals surface area (Å²) >= 11 is 0. The van der Waals surface area contributed by atoms with Crippen LogP contribution in [0.2, 0.25) is 0 Å². The molecule has 1 fully saturated rings. The topological polar surface area (TPSA) is 61.4 Å². The number of hydrogen-bond donors (Lipinski definition) is 1. The summed E-state index contributed by atoms with van der Waals surface area (Å²) in [5, 5.41) is 3.06. The van der Waals surface area contributed by atoms with Crippen LogP contribution in [0.15, 0.2) is 42.9 Å². The molecule has 0 bridgehead atoms. The predicted octanol–water partition coefficient (Wildman–Crippen LogP) is 2.25. The summed E-state index contributed by atoms with van der Waals surface area (Å²) in [5.74, 6) is 0.487. The molecule has 2 unspecified atom stereocenters. The maximum Gasteiger partial charge on any atom is 0.224 e. The highest BCUT2D eigenvalue weighted by molar-refractivity contribution is 5.79. The van der Waals surface area contributed by atoms with Gasteiger partial charge in [-0.2, -0.15) is 0 Å². The Morgan fingerprint density at radius 1 is 1.41 bits per heavy atom. The van der Waals surface area contributed by atoms with Crippen LogP contribution in [0.1, 0.15) is 24.4 Å². The smallest absolute Gasteiger partial charge is 0.224 e. The molecule has 1 aliphatic rings. The van der Waals surface area contributed by atoms with E-state index in [0.29, 0.717) is 13.1 Å². The highest BCUT2D eigenvalue weighted by atomic mass is 19.1. The third-order valence-corrected chi connectivity index (χ3v) is 4.99. The Bertz CT molecular complexity index is 755. The van der Waals surface area contributed by atoms with Crippen LogP contribution in [0.25, 0.3) is 0 Å². The van der Waals surface area contributed by atoms with Gasteiger partial charge in [0.05, 0.1) is 18.2 Å². The van der Waals surface area contributed by atoms with Crippen molar-refractivity contribution in [1.29, 1.82) is 0 Å². The van der Waals surface area contributed by atoms with Crippen LogP contribution < -0.4 is 10.2 Å². The number of carbonyl (C=O) groups excluding carboxylic acids is 1. The van der Waals surface area contributed by atoms with Crippen molar-refractivity contribution in [1.82, 2.24) is 20.2 Å². The number of amides is 1. The van der Waals surface area contributed by atoms with Gasteiger partial charge in [-0.3, -0.25) is 9.78 Å². The van der Waals surface area contributed by atoms with Crippen LogP contribution in [0, 0.1) is 11.7 Å². The lowest BCUT2D eigenvalue weighted by Gasteiger charge is -2.33. The molecule has 3 rings (SSSR count). The van der Waals surface area contributed by atoms with E-state index >= 15 is 0 Å². The van der Waals surface area contributed by atoms with Gasteiger partial charge >= 0.3 is 0 Å². The average Bonchev–Trinajstić information content (AvgIpc) is 2.68. The third kappa shape index (κ3) is 5.01. The van der Waals surface area contributed by atoms with Crippen LogP contribution in [-0.4, -0.2) is 54.5 Å². The van der Waals surface area contributed by atoms with Gasteiger partial charge in [0.1, 0.15) is 11.6 Å². The summed E-state index contributed by atoms with van der Waals surface area (Å²) in [7, 11) is 3.86. The van der Waals surface area contributed by atoms with Gasteiger partial charge in [0.15, 0.2) is 0 Å².